The highest BCUT2D eigenvalue weighted by Crippen LogP contribution is 2.10. The lowest BCUT2D eigenvalue weighted by Gasteiger charge is -2.07. The van der Waals surface area contributed by atoms with E-state index in [1.165, 1.54) is 11.6 Å². The molecule has 1 heterocycles. The minimum atomic E-state index is -0.379. The van der Waals surface area contributed by atoms with E-state index in [1.807, 2.05) is 12.1 Å². The molecule has 0 aliphatic carbocycles. The van der Waals surface area contributed by atoms with Crippen molar-refractivity contribution in [2.45, 2.75) is 13.0 Å². The molecule has 0 saturated heterocycles. The van der Waals surface area contributed by atoms with Gasteiger partial charge in [-0.3, -0.25) is 4.98 Å². The third-order valence-electron chi connectivity index (χ3n) is 3.11. The number of pyridine rings is 1. The molecule has 2 aromatic rings. The molecule has 1 aromatic heterocycles. The van der Waals surface area contributed by atoms with Crippen LogP contribution >= 0.6 is 0 Å². The molecule has 1 aromatic carbocycles. The van der Waals surface area contributed by atoms with Crippen LogP contribution < -0.4 is 11.1 Å². The quantitative estimate of drug-likeness (QED) is 0.248. The van der Waals surface area contributed by atoms with Crippen LogP contribution in [0.15, 0.2) is 47.9 Å². The molecule has 0 amide bonds. The van der Waals surface area contributed by atoms with Crippen molar-refractivity contribution in [3.8, 4) is 0 Å². The van der Waals surface area contributed by atoms with Gasteiger partial charge < -0.3 is 16.3 Å². The van der Waals surface area contributed by atoms with E-state index < -0.39 is 0 Å². The first kappa shape index (κ1) is 14.9. The van der Waals surface area contributed by atoms with Crippen molar-refractivity contribution in [2.75, 3.05) is 6.54 Å². The summed E-state index contributed by atoms with van der Waals surface area (Å²) in [4.78, 5) is 3.95. The van der Waals surface area contributed by atoms with Crippen LogP contribution in [0.2, 0.25) is 0 Å². The summed E-state index contributed by atoms with van der Waals surface area (Å²) in [5.74, 6) is -0.485. The van der Waals surface area contributed by atoms with Crippen molar-refractivity contribution >= 4 is 5.84 Å². The Labute approximate surface area is 122 Å². The van der Waals surface area contributed by atoms with Crippen molar-refractivity contribution in [1.82, 2.24) is 10.3 Å². The molecule has 21 heavy (non-hydrogen) atoms. The topological polar surface area (TPSA) is 83.5 Å². The van der Waals surface area contributed by atoms with Gasteiger partial charge in [0.25, 0.3) is 0 Å². The van der Waals surface area contributed by atoms with Crippen molar-refractivity contribution < 1.29 is 9.60 Å². The van der Waals surface area contributed by atoms with E-state index in [0.717, 1.165) is 13.0 Å². The zero-order chi connectivity index (χ0) is 15.1. The molecule has 0 unspecified atom stereocenters. The summed E-state index contributed by atoms with van der Waals surface area (Å²) >= 11 is 0. The molecule has 2 rings (SSSR count). The van der Waals surface area contributed by atoms with Gasteiger partial charge in [-0.2, -0.15) is 0 Å². The number of amidine groups is 1. The Kier molecular flexibility index (Phi) is 5.22. The van der Waals surface area contributed by atoms with Crippen LogP contribution in [-0.2, 0) is 13.0 Å². The number of halogens is 1. The van der Waals surface area contributed by atoms with Crippen LogP contribution in [0.4, 0.5) is 4.39 Å². The number of hydrogen-bond acceptors (Lipinski definition) is 4. The van der Waals surface area contributed by atoms with E-state index in [0.29, 0.717) is 17.7 Å². The van der Waals surface area contributed by atoms with E-state index in [1.54, 1.807) is 24.5 Å². The number of rotatable bonds is 6. The Morgan fingerprint density at radius 2 is 2.05 bits per heavy atom. The molecule has 4 N–H and O–H groups in total. The summed E-state index contributed by atoms with van der Waals surface area (Å²) in [7, 11) is 0. The van der Waals surface area contributed by atoms with Gasteiger partial charge in [0.1, 0.15) is 5.82 Å². The number of hydrogen-bond donors (Lipinski definition) is 3. The number of aromatic nitrogens is 1. The van der Waals surface area contributed by atoms with Crippen molar-refractivity contribution in [3.63, 3.8) is 0 Å². The number of nitrogens with two attached hydrogens (primary N) is 1. The van der Waals surface area contributed by atoms with Gasteiger partial charge in [0, 0.05) is 30.1 Å². The fraction of sp³-hybridized carbons (Fsp3) is 0.200. The highest BCUT2D eigenvalue weighted by atomic mass is 19.1. The van der Waals surface area contributed by atoms with Crippen LogP contribution in [-0.4, -0.2) is 22.6 Å². The molecule has 5 nitrogen and oxygen atoms in total. The lowest BCUT2D eigenvalue weighted by atomic mass is 10.1. The molecule has 0 radical (unpaired) electrons. The molecule has 110 valence electrons. The molecule has 0 aliphatic heterocycles. The van der Waals surface area contributed by atoms with E-state index in [4.69, 9.17) is 10.9 Å². The predicted molar refractivity (Wildman–Crippen MR) is 78.6 cm³/mol. The Morgan fingerprint density at radius 3 is 2.71 bits per heavy atom. The zero-order valence-electron chi connectivity index (χ0n) is 11.5. The highest BCUT2D eigenvalue weighted by molar-refractivity contribution is 5.97. The van der Waals surface area contributed by atoms with Gasteiger partial charge >= 0.3 is 0 Å². The van der Waals surface area contributed by atoms with Crippen LogP contribution in [0, 0.1) is 5.82 Å². The first-order chi connectivity index (χ1) is 10.2. The monoisotopic (exact) mass is 288 g/mol. The van der Waals surface area contributed by atoms with Gasteiger partial charge in [-0.1, -0.05) is 17.3 Å². The lowest BCUT2D eigenvalue weighted by Crippen LogP contribution is -2.18. The van der Waals surface area contributed by atoms with Gasteiger partial charge in [-0.15, -0.1) is 0 Å². The molecular formula is C15H17FN4O. The number of nitrogens with one attached hydrogen (secondary N) is 1. The highest BCUT2D eigenvalue weighted by Gasteiger charge is 2.06. The average molecular weight is 288 g/mol. The second kappa shape index (κ2) is 7.35. The Morgan fingerprint density at radius 1 is 1.29 bits per heavy atom. The van der Waals surface area contributed by atoms with E-state index >= 15 is 0 Å². The zero-order valence-corrected chi connectivity index (χ0v) is 11.5. The second-order valence-corrected chi connectivity index (χ2v) is 4.57. The maximum absolute atomic E-state index is 13.9. The van der Waals surface area contributed by atoms with Crippen LogP contribution in [0.1, 0.15) is 16.7 Å². The fourth-order valence-electron chi connectivity index (χ4n) is 1.91. The van der Waals surface area contributed by atoms with Crippen molar-refractivity contribution in [1.29, 1.82) is 0 Å². The predicted octanol–water partition coefficient (Wildman–Crippen LogP) is 1.65. The third-order valence-corrected chi connectivity index (χ3v) is 3.11. The van der Waals surface area contributed by atoms with Gasteiger partial charge in [0.15, 0.2) is 5.84 Å². The molecule has 0 bridgehead atoms. The summed E-state index contributed by atoms with van der Waals surface area (Å²) in [6.45, 7) is 1.17. The summed E-state index contributed by atoms with van der Waals surface area (Å²) in [5.41, 5.74) is 7.49. The van der Waals surface area contributed by atoms with Crippen LogP contribution in [0.5, 0.6) is 0 Å². The van der Waals surface area contributed by atoms with Gasteiger partial charge in [-0.25, -0.2) is 4.39 Å². The van der Waals surface area contributed by atoms with Crippen LogP contribution in [0.25, 0.3) is 0 Å². The van der Waals surface area contributed by atoms with Crippen molar-refractivity contribution in [3.05, 3.63) is 65.2 Å². The number of oxime groups is 1. The van der Waals surface area contributed by atoms with E-state index in [9.17, 15) is 4.39 Å². The van der Waals surface area contributed by atoms with E-state index in [-0.39, 0.29) is 11.7 Å². The average Bonchev–Trinajstić information content (AvgIpc) is 2.53. The second-order valence-electron chi connectivity index (χ2n) is 4.57. The molecule has 0 aliphatic rings. The Hall–Kier alpha value is -2.47. The summed E-state index contributed by atoms with van der Waals surface area (Å²) in [6, 6.07) is 8.41. The van der Waals surface area contributed by atoms with Gasteiger partial charge in [0.05, 0.1) is 0 Å². The standard InChI is InChI=1S/C15H17FN4O/c16-14-9-12(15(17)20-21)1-2-13(14)10-19-8-5-11-3-6-18-7-4-11/h1-4,6-7,9,19,21H,5,8,10H2,(H2,17,20). The summed E-state index contributed by atoms with van der Waals surface area (Å²) in [6.07, 6.45) is 4.36. The van der Waals surface area contributed by atoms with Gasteiger partial charge in [-0.05, 0) is 36.7 Å². The summed E-state index contributed by atoms with van der Waals surface area (Å²) in [5, 5.41) is 14.6. The Bertz CT molecular complexity index is 616. The molecule has 0 fully saturated rings. The Balaban J connectivity index is 1.86. The molecule has 0 atom stereocenters. The molecule has 0 saturated carbocycles. The maximum Gasteiger partial charge on any atom is 0.170 e. The maximum atomic E-state index is 13.9. The lowest BCUT2D eigenvalue weighted by molar-refractivity contribution is 0.318. The van der Waals surface area contributed by atoms with Gasteiger partial charge in [0.2, 0.25) is 0 Å². The van der Waals surface area contributed by atoms with E-state index in [2.05, 4.69) is 15.5 Å². The van der Waals surface area contributed by atoms with Crippen LogP contribution in [0.3, 0.4) is 0 Å². The SMILES string of the molecule is NC(=NO)c1ccc(CNCCc2ccncc2)c(F)c1. The van der Waals surface area contributed by atoms with Crippen molar-refractivity contribution in [2.24, 2.45) is 10.9 Å². The minimum Gasteiger partial charge on any atom is -0.409 e. The molecule has 6 heteroatoms. The fourth-order valence-corrected chi connectivity index (χ4v) is 1.91. The largest absolute Gasteiger partial charge is 0.409 e. The first-order valence-electron chi connectivity index (χ1n) is 6.56. The number of benzene rings is 1. The number of nitrogens with zero attached hydrogens (tertiary/aromatic N) is 2. The summed E-state index contributed by atoms with van der Waals surface area (Å²) < 4.78 is 13.9. The molecule has 0 spiro atoms. The minimum absolute atomic E-state index is 0.105. The normalized spacial score (nSPS) is 11.6. The third kappa shape index (κ3) is 4.25. The smallest absolute Gasteiger partial charge is 0.170 e. The first-order valence-corrected chi connectivity index (χ1v) is 6.56. The molecular weight excluding hydrogens is 271 g/mol.